The van der Waals surface area contributed by atoms with Crippen LogP contribution in [-0.2, 0) is 12.7 Å². The van der Waals surface area contributed by atoms with Gasteiger partial charge in [-0.3, -0.25) is 14.6 Å². The van der Waals surface area contributed by atoms with Crippen molar-refractivity contribution in [3.05, 3.63) is 88.1 Å². The Morgan fingerprint density at radius 2 is 1.77 bits per heavy atom. The molecule has 180 valence electrons. The summed E-state index contributed by atoms with van der Waals surface area (Å²) >= 11 is 1.40. The third-order valence-electron chi connectivity index (χ3n) is 5.60. The molecule has 2 aromatic carbocycles. The maximum atomic E-state index is 12.9. The smallest absolute Gasteiger partial charge is 0.348 e. The number of aryl methyl sites for hydroxylation is 1. The van der Waals surface area contributed by atoms with E-state index in [1.165, 1.54) is 28.4 Å². The van der Waals surface area contributed by atoms with Gasteiger partial charge in [-0.15, -0.1) is 11.3 Å². The third-order valence-corrected chi connectivity index (χ3v) is 6.82. The second-order valence-corrected chi connectivity index (χ2v) is 9.33. The molecule has 0 radical (unpaired) electrons. The zero-order valence-corrected chi connectivity index (χ0v) is 20.1. The summed E-state index contributed by atoms with van der Waals surface area (Å²) in [5.41, 5.74) is 2.55. The van der Waals surface area contributed by atoms with E-state index >= 15 is 0 Å². The Morgan fingerprint density at radius 3 is 2.43 bits per heavy atom. The number of aromatic nitrogens is 1. The fraction of sp³-hybridized carbons (Fsp3) is 0.192. The van der Waals surface area contributed by atoms with Crippen LogP contribution in [0.15, 0.2) is 60.9 Å². The summed E-state index contributed by atoms with van der Waals surface area (Å²) in [7, 11) is 3.42. The molecule has 2 aromatic heterocycles. The van der Waals surface area contributed by atoms with Crippen molar-refractivity contribution in [2.24, 2.45) is 0 Å². The van der Waals surface area contributed by atoms with Gasteiger partial charge in [0.15, 0.2) is 0 Å². The number of nitrogens with zero attached hydrogens (tertiary/aromatic N) is 2. The topological polar surface area (TPSA) is 62.3 Å². The van der Waals surface area contributed by atoms with Gasteiger partial charge in [-0.05, 0) is 47.9 Å². The number of hydrogen-bond donors (Lipinski definition) is 1. The Morgan fingerprint density at radius 1 is 1.06 bits per heavy atom. The van der Waals surface area contributed by atoms with Gasteiger partial charge in [-0.1, -0.05) is 24.3 Å². The van der Waals surface area contributed by atoms with Crippen molar-refractivity contribution < 1.29 is 22.8 Å². The minimum absolute atomic E-state index is 0.0233. The molecule has 0 atom stereocenters. The van der Waals surface area contributed by atoms with Crippen molar-refractivity contribution in [2.45, 2.75) is 19.6 Å². The monoisotopic (exact) mass is 497 g/mol. The van der Waals surface area contributed by atoms with Gasteiger partial charge < -0.3 is 10.2 Å². The number of rotatable bonds is 5. The van der Waals surface area contributed by atoms with Crippen molar-refractivity contribution >= 4 is 33.2 Å². The van der Waals surface area contributed by atoms with Gasteiger partial charge >= 0.3 is 6.18 Å². The average molecular weight is 498 g/mol. The fourth-order valence-electron chi connectivity index (χ4n) is 3.77. The van der Waals surface area contributed by atoms with E-state index in [2.05, 4.69) is 10.3 Å². The number of pyridine rings is 1. The molecule has 0 saturated heterocycles. The third kappa shape index (κ3) is 5.05. The van der Waals surface area contributed by atoms with Crippen LogP contribution in [0.1, 0.15) is 36.7 Å². The van der Waals surface area contributed by atoms with E-state index in [9.17, 15) is 22.8 Å². The van der Waals surface area contributed by atoms with E-state index in [0.29, 0.717) is 16.0 Å². The Hall–Kier alpha value is -3.72. The van der Waals surface area contributed by atoms with Gasteiger partial charge in [0.25, 0.3) is 11.8 Å². The lowest BCUT2D eigenvalue weighted by atomic mass is 9.99. The predicted molar refractivity (Wildman–Crippen MR) is 130 cm³/mol. The molecule has 0 saturated carbocycles. The highest BCUT2D eigenvalue weighted by Gasteiger charge is 2.30. The largest absolute Gasteiger partial charge is 0.416 e. The van der Waals surface area contributed by atoms with Crippen LogP contribution in [0.4, 0.5) is 13.2 Å². The van der Waals surface area contributed by atoms with Gasteiger partial charge in [0, 0.05) is 49.5 Å². The molecular formula is C26H22F3N3O2S. The molecular weight excluding hydrogens is 475 g/mol. The summed E-state index contributed by atoms with van der Waals surface area (Å²) in [5.74, 6) is -0.460. The highest BCUT2D eigenvalue weighted by atomic mass is 32.1. The lowest BCUT2D eigenvalue weighted by molar-refractivity contribution is -0.137. The maximum absolute atomic E-state index is 12.9. The van der Waals surface area contributed by atoms with E-state index in [0.717, 1.165) is 38.9 Å². The van der Waals surface area contributed by atoms with E-state index in [1.54, 1.807) is 50.8 Å². The summed E-state index contributed by atoms with van der Waals surface area (Å²) in [6, 6.07) is 11.8. The molecule has 4 aromatic rings. The predicted octanol–water partition coefficient (Wildman–Crippen LogP) is 5.92. The molecule has 9 heteroatoms. The summed E-state index contributed by atoms with van der Waals surface area (Å²) in [6.07, 6.45) is -0.970. The molecule has 35 heavy (non-hydrogen) atoms. The van der Waals surface area contributed by atoms with Crippen LogP contribution >= 0.6 is 11.3 Å². The molecule has 5 nitrogen and oxygen atoms in total. The first-order valence-corrected chi connectivity index (χ1v) is 11.5. The van der Waals surface area contributed by atoms with Gasteiger partial charge in [0.05, 0.1) is 15.1 Å². The first-order valence-electron chi connectivity index (χ1n) is 10.7. The summed E-state index contributed by atoms with van der Waals surface area (Å²) in [4.78, 5) is 31.6. The highest BCUT2D eigenvalue weighted by Crippen LogP contribution is 2.37. The van der Waals surface area contributed by atoms with Crippen LogP contribution in [-0.4, -0.2) is 35.8 Å². The van der Waals surface area contributed by atoms with Crippen LogP contribution in [0.25, 0.3) is 21.2 Å². The first-order chi connectivity index (χ1) is 16.6. The van der Waals surface area contributed by atoms with E-state index < -0.39 is 17.6 Å². The quantitative estimate of drug-likeness (QED) is 0.372. The first kappa shape index (κ1) is 24.4. The number of nitrogens with one attached hydrogen (secondary N) is 1. The number of amides is 2. The zero-order valence-electron chi connectivity index (χ0n) is 19.2. The standard InChI is InChI=1S/C26H22F3N3O2S/c1-15-22-20(13-30-14-21(22)35-23(15)25(34)32(2)3)17-7-9-18(10-8-17)24(33)31-12-16-5-4-6-19(11-16)26(27,28)29/h4-11,13-14H,12H2,1-3H3,(H,31,33). The second kappa shape index (κ2) is 9.50. The average Bonchev–Trinajstić information content (AvgIpc) is 3.18. The summed E-state index contributed by atoms with van der Waals surface area (Å²) in [5, 5.41) is 3.60. The van der Waals surface area contributed by atoms with Gasteiger partial charge in [0.1, 0.15) is 0 Å². The Balaban J connectivity index is 1.54. The maximum Gasteiger partial charge on any atom is 0.416 e. The molecule has 2 amide bonds. The summed E-state index contributed by atoms with van der Waals surface area (Å²) in [6.45, 7) is 1.89. The molecule has 0 aliphatic rings. The number of fused-ring (bicyclic) bond motifs is 1. The van der Waals surface area contributed by atoms with Crippen molar-refractivity contribution in [1.82, 2.24) is 15.2 Å². The van der Waals surface area contributed by atoms with Crippen molar-refractivity contribution in [3.8, 4) is 11.1 Å². The van der Waals surface area contributed by atoms with E-state index in [-0.39, 0.29) is 12.5 Å². The molecule has 0 spiro atoms. The lowest BCUT2D eigenvalue weighted by Crippen LogP contribution is -2.23. The fourth-order valence-corrected chi connectivity index (χ4v) is 5.00. The number of hydrogen-bond acceptors (Lipinski definition) is 4. The van der Waals surface area contributed by atoms with Crippen molar-refractivity contribution in [3.63, 3.8) is 0 Å². The zero-order chi connectivity index (χ0) is 25.3. The van der Waals surface area contributed by atoms with Gasteiger partial charge in [-0.2, -0.15) is 13.2 Å². The highest BCUT2D eigenvalue weighted by molar-refractivity contribution is 7.21. The normalized spacial score (nSPS) is 11.5. The lowest BCUT2D eigenvalue weighted by Gasteiger charge is -2.10. The van der Waals surface area contributed by atoms with Crippen LogP contribution in [0.3, 0.4) is 0 Å². The van der Waals surface area contributed by atoms with Crippen LogP contribution < -0.4 is 5.32 Å². The minimum atomic E-state index is -4.44. The molecule has 0 aliphatic heterocycles. The number of thiophene rings is 1. The Labute approximate surface area is 204 Å². The SMILES string of the molecule is Cc1c(C(=O)N(C)C)sc2cncc(-c3ccc(C(=O)NCc4cccc(C(F)(F)F)c4)cc3)c12. The Kier molecular flexibility index (Phi) is 6.62. The van der Waals surface area contributed by atoms with Gasteiger partial charge in [-0.25, -0.2) is 0 Å². The number of halogens is 3. The molecule has 1 N–H and O–H groups in total. The van der Waals surface area contributed by atoms with Crippen LogP contribution in [0.5, 0.6) is 0 Å². The number of carbonyl (C=O) groups excluding carboxylic acids is 2. The number of alkyl halides is 3. The molecule has 0 bridgehead atoms. The number of benzene rings is 2. The molecule has 4 rings (SSSR count). The molecule has 0 unspecified atom stereocenters. The Bertz CT molecular complexity index is 1410. The molecule has 2 heterocycles. The van der Waals surface area contributed by atoms with Crippen molar-refractivity contribution in [2.75, 3.05) is 14.1 Å². The minimum Gasteiger partial charge on any atom is -0.348 e. The van der Waals surface area contributed by atoms with Crippen LogP contribution in [0, 0.1) is 6.92 Å². The second-order valence-electron chi connectivity index (χ2n) is 8.27. The van der Waals surface area contributed by atoms with Crippen molar-refractivity contribution in [1.29, 1.82) is 0 Å². The van der Waals surface area contributed by atoms with E-state index in [1.807, 2.05) is 6.92 Å². The summed E-state index contributed by atoms with van der Waals surface area (Å²) < 4.78 is 39.6. The molecule has 0 aliphatic carbocycles. The van der Waals surface area contributed by atoms with E-state index in [4.69, 9.17) is 0 Å². The number of carbonyl (C=O) groups is 2. The molecule has 0 fully saturated rings. The van der Waals surface area contributed by atoms with Crippen LogP contribution in [0.2, 0.25) is 0 Å². The van der Waals surface area contributed by atoms with Gasteiger partial charge in [0.2, 0.25) is 0 Å².